The van der Waals surface area contributed by atoms with E-state index >= 15 is 0 Å². The molecule has 0 saturated heterocycles. The van der Waals surface area contributed by atoms with Crippen molar-refractivity contribution in [2.24, 2.45) is 7.05 Å². The molecule has 0 aliphatic rings. The fraction of sp³-hybridized carbons (Fsp3) is 0.154. The summed E-state index contributed by atoms with van der Waals surface area (Å²) in [7, 11) is 3.08. The van der Waals surface area contributed by atoms with Gasteiger partial charge in [-0.1, -0.05) is 0 Å². The van der Waals surface area contributed by atoms with E-state index in [1.165, 1.54) is 22.2 Å². The Kier molecular flexibility index (Phi) is 2.67. The second-order valence-corrected chi connectivity index (χ2v) is 4.27. The lowest BCUT2D eigenvalue weighted by molar-refractivity contribution is 0.414. The summed E-state index contributed by atoms with van der Waals surface area (Å²) in [4.78, 5) is 24.1. The van der Waals surface area contributed by atoms with Crippen molar-refractivity contribution >= 4 is 5.65 Å². The molecular formula is C13H12N4O3. The Morgan fingerprint density at radius 3 is 2.45 bits per heavy atom. The lowest BCUT2D eigenvalue weighted by Gasteiger charge is -2.06. The molecule has 3 aromatic rings. The van der Waals surface area contributed by atoms with Gasteiger partial charge in [0.05, 0.1) is 7.11 Å². The summed E-state index contributed by atoms with van der Waals surface area (Å²) in [6.07, 6.45) is 3.07. The van der Waals surface area contributed by atoms with E-state index in [0.717, 1.165) is 4.68 Å². The number of hydrogen-bond donors (Lipinski definition) is 0. The fourth-order valence-corrected chi connectivity index (χ4v) is 2.01. The van der Waals surface area contributed by atoms with Crippen molar-refractivity contribution in [3.8, 4) is 11.4 Å². The molecule has 102 valence electrons. The van der Waals surface area contributed by atoms with E-state index in [9.17, 15) is 9.59 Å². The lowest BCUT2D eigenvalue weighted by Crippen LogP contribution is -2.23. The minimum absolute atomic E-state index is 0.0934. The normalized spacial score (nSPS) is 10.9. The van der Waals surface area contributed by atoms with Gasteiger partial charge in [0.15, 0.2) is 0 Å². The van der Waals surface area contributed by atoms with Crippen LogP contribution >= 0.6 is 0 Å². The Bertz CT molecular complexity index is 887. The van der Waals surface area contributed by atoms with E-state index in [4.69, 9.17) is 4.74 Å². The lowest BCUT2D eigenvalue weighted by atomic mass is 10.3. The molecule has 0 unspecified atom stereocenters. The molecule has 3 rings (SSSR count). The predicted molar refractivity (Wildman–Crippen MR) is 72.6 cm³/mol. The quantitative estimate of drug-likeness (QED) is 0.668. The molecule has 1 aromatic carbocycles. The Morgan fingerprint density at radius 1 is 1.10 bits per heavy atom. The van der Waals surface area contributed by atoms with Gasteiger partial charge in [-0.15, -0.1) is 5.10 Å². The first-order valence-electron chi connectivity index (χ1n) is 5.93. The summed E-state index contributed by atoms with van der Waals surface area (Å²) >= 11 is 0. The maximum Gasteiger partial charge on any atom is 0.350 e. The van der Waals surface area contributed by atoms with Crippen LogP contribution < -0.4 is 16.0 Å². The van der Waals surface area contributed by atoms with E-state index in [2.05, 4.69) is 5.10 Å². The van der Waals surface area contributed by atoms with Crippen LogP contribution in [0.15, 0.2) is 46.2 Å². The molecule has 2 aromatic heterocycles. The standard InChI is InChI=1S/C13H12N4O3/c1-15-13(19)17-8-7-16(12(18)11(17)14-15)9-3-5-10(20-2)6-4-9/h3-8H,1-2H3. The molecule has 7 nitrogen and oxygen atoms in total. The summed E-state index contributed by atoms with van der Waals surface area (Å²) in [6.45, 7) is 0. The first-order chi connectivity index (χ1) is 9.61. The molecule has 0 aliphatic heterocycles. The van der Waals surface area contributed by atoms with Crippen molar-refractivity contribution < 1.29 is 4.74 Å². The largest absolute Gasteiger partial charge is 0.497 e. The van der Waals surface area contributed by atoms with E-state index in [0.29, 0.717) is 11.4 Å². The maximum absolute atomic E-state index is 12.3. The highest BCUT2D eigenvalue weighted by Crippen LogP contribution is 2.13. The number of nitrogens with zero attached hydrogens (tertiary/aromatic N) is 4. The number of hydrogen-bond acceptors (Lipinski definition) is 4. The van der Waals surface area contributed by atoms with Crippen molar-refractivity contribution in [1.29, 1.82) is 0 Å². The Morgan fingerprint density at radius 2 is 1.80 bits per heavy atom. The van der Waals surface area contributed by atoms with Gasteiger partial charge in [-0.25, -0.2) is 13.9 Å². The number of fused-ring (bicyclic) bond motifs is 1. The summed E-state index contributed by atoms with van der Waals surface area (Å²) in [5, 5.41) is 3.94. The van der Waals surface area contributed by atoms with Crippen LogP contribution in [-0.4, -0.2) is 25.9 Å². The molecule has 0 radical (unpaired) electrons. The molecule has 7 heteroatoms. The molecule has 2 heterocycles. The van der Waals surface area contributed by atoms with Crippen molar-refractivity contribution in [3.05, 3.63) is 57.5 Å². The molecule has 0 fully saturated rings. The SMILES string of the molecule is COc1ccc(-n2ccn3c(=O)n(C)nc3c2=O)cc1. The van der Waals surface area contributed by atoms with Gasteiger partial charge in [-0.05, 0) is 24.3 Å². The van der Waals surface area contributed by atoms with Crippen LogP contribution in [-0.2, 0) is 7.05 Å². The number of rotatable bonds is 2. The number of ether oxygens (including phenoxy) is 1. The summed E-state index contributed by atoms with van der Waals surface area (Å²) in [5.41, 5.74) is 0.0709. The van der Waals surface area contributed by atoms with E-state index in [-0.39, 0.29) is 16.9 Å². The average molecular weight is 272 g/mol. The van der Waals surface area contributed by atoms with Gasteiger partial charge < -0.3 is 4.74 Å². The third kappa shape index (κ3) is 1.71. The second-order valence-electron chi connectivity index (χ2n) is 4.27. The molecule has 0 amide bonds. The van der Waals surface area contributed by atoms with Crippen LogP contribution in [0.5, 0.6) is 5.75 Å². The zero-order valence-electron chi connectivity index (χ0n) is 11.0. The van der Waals surface area contributed by atoms with Crippen LogP contribution in [0.4, 0.5) is 0 Å². The third-order valence-electron chi connectivity index (χ3n) is 3.08. The molecular weight excluding hydrogens is 260 g/mol. The summed E-state index contributed by atoms with van der Waals surface area (Å²) in [5.74, 6) is 0.705. The highest BCUT2D eigenvalue weighted by atomic mass is 16.5. The van der Waals surface area contributed by atoms with Crippen LogP contribution in [0.2, 0.25) is 0 Å². The molecule has 0 saturated carbocycles. The highest BCUT2D eigenvalue weighted by molar-refractivity contribution is 5.42. The van der Waals surface area contributed by atoms with Crippen molar-refractivity contribution in [2.75, 3.05) is 7.11 Å². The first kappa shape index (κ1) is 12.2. The van der Waals surface area contributed by atoms with Crippen LogP contribution in [0.1, 0.15) is 0 Å². The van der Waals surface area contributed by atoms with Gasteiger partial charge in [0, 0.05) is 25.1 Å². The van der Waals surface area contributed by atoms with Gasteiger partial charge in [-0.3, -0.25) is 9.36 Å². The minimum Gasteiger partial charge on any atom is -0.497 e. The van der Waals surface area contributed by atoms with E-state index in [1.54, 1.807) is 37.6 Å². The number of benzene rings is 1. The zero-order chi connectivity index (χ0) is 14.3. The topological polar surface area (TPSA) is 70.5 Å². The maximum atomic E-state index is 12.3. The van der Waals surface area contributed by atoms with Crippen molar-refractivity contribution in [1.82, 2.24) is 18.7 Å². The molecule has 0 spiro atoms. The molecule has 0 N–H and O–H groups in total. The summed E-state index contributed by atoms with van der Waals surface area (Å²) in [6, 6.07) is 7.04. The Hall–Kier alpha value is -2.83. The van der Waals surface area contributed by atoms with Crippen LogP contribution in [0.3, 0.4) is 0 Å². The minimum atomic E-state index is -0.352. The van der Waals surface area contributed by atoms with Crippen molar-refractivity contribution in [2.45, 2.75) is 0 Å². The monoisotopic (exact) mass is 272 g/mol. The zero-order valence-corrected chi connectivity index (χ0v) is 11.0. The Labute approximate surface area is 113 Å². The number of aryl methyl sites for hydroxylation is 1. The van der Waals surface area contributed by atoms with E-state index < -0.39 is 0 Å². The molecule has 0 atom stereocenters. The van der Waals surface area contributed by atoms with Crippen LogP contribution in [0, 0.1) is 0 Å². The van der Waals surface area contributed by atoms with Gasteiger partial charge in [-0.2, -0.15) is 0 Å². The van der Waals surface area contributed by atoms with E-state index in [1.807, 2.05) is 0 Å². The van der Waals surface area contributed by atoms with Crippen LogP contribution in [0.25, 0.3) is 11.3 Å². The molecule has 0 bridgehead atoms. The van der Waals surface area contributed by atoms with Gasteiger partial charge >= 0.3 is 11.2 Å². The third-order valence-corrected chi connectivity index (χ3v) is 3.08. The number of aromatic nitrogens is 4. The number of methoxy groups -OCH3 is 1. The molecule has 20 heavy (non-hydrogen) atoms. The first-order valence-corrected chi connectivity index (χ1v) is 5.93. The van der Waals surface area contributed by atoms with Gasteiger partial charge in [0.1, 0.15) is 5.75 Å². The average Bonchev–Trinajstić information content (AvgIpc) is 2.76. The fourth-order valence-electron chi connectivity index (χ4n) is 2.01. The summed E-state index contributed by atoms with van der Waals surface area (Å²) < 4.78 is 8.87. The van der Waals surface area contributed by atoms with Gasteiger partial charge in [0.25, 0.3) is 0 Å². The van der Waals surface area contributed by atoms with Crippen molar-refractivity contribution in [3.63, 3.8) is 0 Å². The second kappa shape index (κ2) is 4.37. The molecule has 0 aliphatic carbocycles. The predicted octanol–water partition coefficient (Wildman–Crippen LogP) is 0.192. The smallest absolute Gasteiger partial charge is 0.350 e. The Balaban J connectivity index is 2.24. The highest BCUT2D eigenvalue weighted by Gasteiger charge is 2.10. The van der Waals surface area contributed by atoms with Gasteiger partial charge in [0.2, 0.25) is 5.65 Å².